The molecule has 0 spiro atoms. The number of rotatable bonds is 3. The lowest BCUT2D eigenvalue weighted by molar-refractivity contribution is 0.0693. The molecule has 88 valence electrons. The maximum atomic E-state index is 11.2. The maximum absolute atomic E-state index is 11.2. The standard InChI is InChI=1S/C12H13N3O2/c1-13-8-4-5-15-9(6-8)10(12(16)17)14-11(15)7-2-3-7/h4-7,13H,2-3H2,1H3,(H,16,17). The number of imidazole rings is 1. The van der Waals surface area contributed by atoms with Crippen molar-refractivity contribution in [1.29, 1.82) is 0 Å². The average Bonchev–Trinajstić information content (AvgIpc) is 3.09. The van der Waals surface area contributed by atoms with Crippen LogP contribution >= 0.6 is 0 Å². The van der Waals surface area contributed by atoms with E-state index < -0.39 is 5.97 Å². The minimum absolute atomic E-state index is 0.143. The highest BCUT2D eigenvalue weighted by Crippen LogP contribution is 2.40. The molecule has 5 nitrogen and oxygen atoms in total. The predicted molar refractivity (Wildman–Crippen MR) is 63.7 cm³/mol. The van der Waals surface area contributed by atoms with Crippen LogP contribution in [0.25, 0.3) is 5.52 Å². The summed E-state index contributed by atoms with van der Waals surface area (Å²) in [7, 11) is 1.81. The number of carbonyl (C=O) groups is 1. The van der Waals surface area contributed by atoms with E-state index in [9.17, 15) is 4.79 Å². The van der Waals surface area contributed by atoms with Gasteiger partial charge in [0.2, 0.25) is 0 Å². The summed E-state index contributed by atoms with van der Waals surface area (Å²) >= 11 is 0. The normalized spacial score (nSPS) is 15.1. The lowest BCUT2D eigenvalue weighted by Gasteiger charge is -2.02. The molecule has 5 heteroatoms. The van der Waals surface area contributed by atoms with E-state index in [4.69, 9.17) is 5.11 Å². The summed E-state index contributed by atoms with van der Waals surface area (Å²) in [6.45, 7) is 0. The Balaban J connectivity index is 2.27. The van der Waals surface area contributed by atoms with Crippen LogP contribution in [0.5, 0.6) is 0 Å². The van der Waals surface area contributed by atoms with Crippen molar-refractivity contribution >= 4 is 17.2 Å². The van der Waals surface area contributed by atoms with Crippen LogP contribution in [0.4, 0.5) is 5.69 Å². The predicted octanol–water partition coefficient (Wildman–Crippen LogP) is 1.95. The van der Waals surface area contributed by atoms with Gasteiger partial charge in [-0.2, -0.15) is 0 Å². The first-order valence-electron chi connectivity index (χ1n) is 5.63. The first-order valence-corrected chi connectivity index (χ1v) is 5.63. The SMILES string of the molecule is CNc1ccn2c(C3CC3)nc(C(=O)O)c2c1. The summed E-state index contributed by atoms with van der Waals surface area (Å²) in [5, 5.41) is 12.2. The second-order valence-corrected chi connectivity index (χ2v) is 4.32. The van der Waals surface area contributed by atoms with Crippen molar-refractivity contribution in [3.63, 3.8) is 0 Å². The third-order valence-electron chi connectivity index (χ3n) is 3.10. The fraction of sp³-hybridized carbons (Fsp3) is 0.333. The van der Waals surface area contributed by atoms with E-state index in [2.05, 4.69) is 10.3 Å². The quantitative estimate of drug-likeness (QED) is 0.847. The van der Waals surface area contributed by atoms with Crippen molar-refractivity contribution in [3.8, 4) is 0 Å². The second kappa shape index (κ2) is 3.48. The summed E-state index contributed by atoms with van der Waals surface area (Å²) in [4.78, 5) is 15.4. The zero-order valence-electron chi connectivity index (χ0n) is 9.47. The van der Waals surface area contributed by atoms with Gasteiger partial charge in [-0.25, -0.2) is 9.78 Å². The highest BCUT2D eigenvalue weighted by Gasteiger charge is 2.30. The van der Waals surface area contributed by atoms with Crippen LogP contribution in [0.15, 0.2) is 18.3 Å². The van der Waals surface area contributed by atoms with E-state index in [-0.39, 0.29) is 5.69 Å². The molecule has 2 heterocycles. The third-order valence-corrected chi connectivity index (χ3v) is 3.10. The lowest BCUT2D eigenvalue weighted by atomic mass is 10.3. The van der Waals surface area contributed by atoms with E-state index in [1.165, 1.54) is 0 Å². The Hall–Kier alpha value is -2.04. The molecular weight excluding hydrogens is 218 g/mol. The van der Waals surface area contributed by atoms with Gasteiger partial charge in [0, 0.05) is 24.8 Å². The lowest BCUT2D eigenvalue weighted by Crippen LogP contribution is -1.98. The van der Waals surface area contributed by atoms with Gasteiger partial charge < -0.3 is 14.8 Å². The molecule has 2 N–H and O–H groups in total. The van der Waals surface area contributed by atoms with Crippen LogP contribution < -0.4 is 5.32 Å². The Bertz CT molecular complexity index is 599. The minimum atomic E-state index is -0.970. The molecule has 0 saturated heterocycles. The smallest absolute Gasteiger partial charge is 0.356 e. The molecule has 0 bridgehead atoms. The van der Waals surface area contributed by atoms with Gasteiger partial charge in [0.15, 0.2) is 5.69 Å². The summed E-state index contributed by atoms with van der Waals surface area (Å²) < 4.78 is 1.89. The van der Waals surface area contributed by atoms with Crippen LogP contribution in [-0.4, -0.2) is 27.5 Å². The zero-order chi connectivity index (χ0) is 12.0. The number of nitrogens with zero attached hydrogens (tertiary/aromatic N) is 2. The molecule has 1 aliphatic rings. The molecule has 0 amide bonds. The van der Waals surface area contributed by atoms with Gasteiger partial charge in [-0.15, -0.1) is 0 Å². The van der Waals surface area contributed by atoms with Crippen molar-refractivity contribution in [2.75, 3.05) is 12.4 Å². The van der Waals surface area contributed by atoms with Crippen LogP contribution in [0.3, 0.4) is 0 Å². The number of carboxylic acid groups (broad SMARTS) is 1. The number of nitrogens with one attached hydrogen (secondary N) is 1. The Kier molecular flexibility index (Phi) is 2.07. The summed E-state index contributed by atoms with van der Waals surface area (Å²) in [6, 6.07) is 3.74. The Morgan fingerprint density at radius 2 is 2.35 bits per heavy atom. The van der Waals surface area contributed by atoms with Gasteiger partial charge in [0.1, 0.15) is 5.82 Å². The third kappa shape index (κ3) is 1.54. The van der Waals surface area contributed by atoms with E-state index in [1.807, 2.05) is 29.8 Å². The molecule has 0 unspecified atom stereocenters. The molecule has 1 fully saturated rings. The van der Waals surface area contributed by atoms with E-state index in [1.54, 1.807) is 0 Å². The van der Waals surface area contributed by atoms with Crippen molar-refractivity contribution < 1.29 is 9.90 Å². The van der Waals surface area contributed by atoms with Gasteiger partial charge in [-0.05, 0) is 25.0 Å². The highest BCUT2D eigenvalue weighted by molar-refractivity contribution is 5.94. The van der Waals surface area contributed by atoms with Crippen molar-refractivity contribution in [2.24, 2.45) is 0 Å². The number of carboxylic acids is 1. The van der Waals surface area contributed by atoms with Gasteiger partial charge >= 0.3 is 5.97 Å². The monoisotopic (exact) mass is 231 g/mol. The van der Waals surface area contributed by atoms with Crippen molar-refractivity contribution in [3.05, 3.63) is 29.8 Å². The molecule has 2 aromatic rings. The number of hydrogen-bond acceptors (Lipinski definition) is 3. The molecule has 2 aromatic heterocycles. The molecule has 17 heavy (non-hydrogen) atoms. The Morgan fingerprint density at radius 1 is 1.59 bits per heavy atom. The fourth-order valence-corrected chi connectivity index (χ4v) is 2.05. The second-order valence-electron chi connectivity index (χ2n) is 4.32. The summed E-state index contributed by atoms with van der Waals surface area (Å²) in [5.41, 5.74) is 1.69. The fourth-order valence-electron chi connectivity index (χ4n) is 2.05. The van der Waals surface area contributed by atoms with Gasteiger partial charge in [0.25, 0.3) is 0 Å². The van der Waals surface area contributed by atoms with E-state index in [0.29, 0.717) is 11.4 Å². The molecule has 0 aromatic carbocycles. The molecule has 0 aliphatic heterocycles. The summed E-state index contributed by atoms with van der Waals surface area (Å²) in [6.07, 6.45) is 4.09. The van der Waals surface area contributed by atoms with Crippen LogP contribution in [0.2, 0.25) is 0 Å². The van der Waals surface area contributed by atoms with Crippen molar-refractivity contribution in [1.82, 2.24) is 9.38 Å². The number of anilines is 1. The Labute approximate surface area is 98.1 Å². The van der Waals surface area contributed by atoms with E-state index in [0.717, 1.165) is 24.4 Å². The molecule has 1 saturated carbocycles. The molecular formula is C12H13N3O2. The molecule has 3 rings (SSSR count). The number of hydrogen-bond donors (Lipinski definition) is 2. The van der Waals surface area contributed by atoms with E-state index >= 15 is 0 Å². The van der Waals surface area contributed by atoms with Crippen LogP contribution in [-0.2, 0) is 0 Å². The molecule has 0 atom stereocenters. The van der Waals surface area contributed by atoms with Crippen LogP contribution in [0.1, 0.15) is 35.1 Å². The Morgan fingerprint density at radius 3 is 2.94 bits per heavy atom. The van der Waals surface area contributed by atoms with Gasteiger partial charge in [0.05, 0.1) is 5.52 Å². The molecule has 0 radical (unpaired) electrons. The largest absolute Gasteiger partial charge is 0.476 e. The minimum Gasteiger partial charge on any atom is -0.476 e. The summed E-state index contributed by atoms with van der Waals surface area (Å²) in [5.74, 6) is 0.332. The van der Waals surface area contributed by atoms with Gasteiger partial charge in [-0.3, -0.25) is 0 Å². The number of pyridine rings is 1. The number of fused-ring (bicyclic) bond motifs is 1. The number of aromatic carboxylic acids is 1. The topological polar surface area (TPSA) is 66.6 Å². The van der Waals surface area contributed by atoms with Crippen LogP contribution in [0, 0.1) is 0 Å². The molecule has 1 aliphatic carbocycles. The van der Waals surface area contributed by atoms with Crippen molar-refractivity contribution in [2.45, 2.75) is 18.8 Å². The first-order chi connectivity index (χ1) is 8.20. The number of aromatic nitrogens is 2. The van der Waals surface area contributed by atoms with Gasteiger partial charge in [-0.1, -0.05) is 0 Å². The highest BCUT2D eigenvalue weighted by atomic mass is 16.4. The first kappa shape index (κ1) is 10.1. The average molecular weight is 231 g/mol. The maximum Gasteiger partial charge on any atom is 0.356 e. The zero-order valence-corrected chi connectivity index (χ0v) is 9.47.